The van der Waals surface area contributed by atoms with Gasteiger partial charge in [0.1, 0.15) is 12.4 Å². The minimum atomic E-state index is -0.999. The van der Waals surface area contributed by atoms with Crippen molar-refractivity contribution in [1.82, 2.24) is 9.66 Å². The van der Waals surface area contributed by atoms with E-state index in [0.717, 1.165) is 4.47 Å². The van der Waals surface area contributed by atoms with E-state index in [9.17, 15) is 14.7 Å². The molecule has 4 aromatic rings. The molecular formula is C27H23Br2N3O5. The summed E-state index contributed by atoms with van der Waals surface area (Å²) in [6.07, 6.45) is 2.10. The zero-order chi connectivity index (χ0) is 26.5. The Hall–Kier alpha value is -3.50. The summed E-state index contributed by atoms with van der Waals surface area (Å²) < 4.78 is 14.5. The highest BCUT2D eigenvalue weighted by molar-refractivity contribution is 9.10. The predicted molar refractivity (Wildman–Crippen MR) is 149 cm³/mol. The number of hydrogen-bond acceptors (Lipinski definition) is 6. The third kappa shape index (κ3) is 6.08. The molecule has 0 radical (unpaired) electrons. The summed E-state index contributed by atoms with van der Waals surface area (Å²) in [5, 5.41) is 14.1. The second-order valence-corrected chi connectivity index (χ2v) is 9.73. The summed E-state index contributed by atoms with van der Waals surface area (Å²) in [6.45, 7) is 4.34. The van der Waals surface area contributed by atoms with Gasteiger partial charge in [-0.2, -0.15) is 9.78 Å². The van der Waals surface area contributed by atoms with Crippen molar-refractivity contribution >= 4 is 54.9 Å². The number of benzene rings is 3. The molecule has 4 rings (SSSR count). The molecule has 0 spiro atoms. The number of halogens is 2. The van der Waals surface area contributed by atoms with E-state index in [1.54, 1.807) is 48.7 Å². The molecule has 0 unspecified atom stereocenters. The number of carboxylic acid groups (broad SMARTS) is 1. The molecule has 0 atom stereocenters. The molecule has 0 aliphatic rings. The number of fused-ring (bicyclic) bond motifs is 1. The number of hydrogen-bond donors (Lipinski definition) is 1. The number of carboxylic acids is 1. The molecule has 1 aromatic heterocycles. The van der Waals surface area contributed by atoms with Gasteiger partial charge in [-0.15, -0.1) is 0 Å². The van der Waals surface area contributed by atoms with Gasteiger partial charge in [-0.1, -0.05) is 35.0 Å². The Kier molecular flexibility index (Phi) is 8.40. The SMILES string of the molecule is CCOc1cc(C=Nn2c(CC)nc3ccc(Br)cc3c2=O)cc(Br)c1OCc1cccc(C(=O)O)c1. The van der Waals surface area contributed by atoms with Gasteiger partial charge in [0.25, 0.3) is 5.56 Å². The number of rotatable bonds is 9. The van der Waals surface area contributed by atoms with Gasteiger partial charge in [0.2, 0.25) is 0 Å². The number of carbonyl (C=O) groups is 1. The maximum Gasteiger partial charge on any atom is 0.335 e. The summed E-state index contributed by atoms with van der Waals surface area (Å²) in [5.41, 5.74) is 1.94. The lowest BCUT2D eigenvalue weighted by Gasteiger charge is -2.15. The highest BCUT2D eigenvalue weighted by atomic mass is 79.9. The van der Waals surface area contributed by atoms with Gasteiger partial charge in [-0.05, 0) is 76.4 Å². The molecule has 0 fully saturated rings. The fraction of sp³-hybridized carbons (Fsp3) is 0.185. The van der Waals surface area contributed by atoms with E-state index in [1.165, 1.54) is 10.7 Å². The van der Waals surface area contributed by atoms with Crippen molar-refractivity contribution in [2.45, 2.75) is 26.9 Å². The van der Waals surface area contributed by atoms with Crippen LogP contribution in [0.4, 0.5) is 0 Å². The van der Waals surface area contributed by atoms with Crippen LogP contribution >= 0.6 is 31.9 Å². The van der Waals surface area contributed by atoms with Gasteiger partial charge in [-0.3, -0.25) is 4.79 Å². The molecule has 10 heteroatoms. The van der Waals surface area contributed by atoms with Crippen molar-refractivity contribution in [1.29, 1.82) is 0 Å². The van der Waals surface area contributed by atoms with Gasteiger partial charge in [0.05, 0.1) is 33.8 Å². The lowest BCUT2D eigenvalue weighted by atomic mass is 10.1. The Labute approximate surface area is 229 Å². The van der Waals surface area contributed by atoms with Crippen LogP contribution in [0.5, 0.6) is 11.5 Å². The minimum Gasteiger partial charge on any atom is -0.490 e. The maximum atomic E-state index is 13.2. The van der Waals surface area contributed by atoms with E-state index in [4.69, 9.17) is 9.47 Å². The number of aromatic nitrogens is 2. The Morgan fingerprint density at radius 1 is 1.11 bits per heavy atom. The van der Waals surface area contributed by atoms with Crippen molar-refractivity contribution in [2.24, 2.45) is 5.10 Å². The van der Waals surface area contributed by atoms with Gasteiger partial charge < -0.3 is 14.6 Å². The molecule has 3 aromatic carbocycles. The second kappa shape index (κ2) is 11.7. The van der Waals surface area contributed by atoms with Gasteiger partial charge >= 0.3 is 5.97 Å². The van der Waals surface area contributed by atoms with Crippen LogP contribution in [0.1, 0.15) is 41.2 Å². The molecule has 0 saturated heterocycles. The first-order valence-corrected chi connectivity index (χ1v) is 13.1. The molecule has 0 amide bonds. The summed E-state index contributed by atoms with van der Waals surface area (Å²) in [5.74, 6) is 0.504. The normalized spacial score (nSPS) is 11.2. The van der Waals surface area contributed by atoms with Crippen LogP contribution in [0.3, 0.4) is 0 Å². The molecular weight excluding hydrogens is 606 g/mol. The maximum absolute atomic E-state index is 13.2. The number of aryl methyl sites for hydroxylation is 1. The fourth-order valence-electron chi connectivity index (χ4n) is 3.68. The van der Waals surface area contributed by atoms with Crippen LogP contribution in [0.25, 0.3) is 10.9 Å². The topological polar surface area (TPSA) is 103 Å². The van der Waals surface area contributed by atoms with Crippen LogP contribution in [-0.2, 0) is 13.0 Å². The third-order valence-electron chi connectivity index (χ3n) is 5.40. The number of nitrogens with zero attached hydrogens (tertiary/aromatic N) is 3. The predicted octanol–water partition coefficient (Wildman–Crippen LogP) is 6.04. The van der Waals surface area contributed by atoms with Crippen molar-refractivity contribution in [3.05, 3.63) is 96.4 Å². The van der Waals surface area contributed by atoms with E-state index < -0.39 is 5.97 Å². The van der Waals surface area contributed by atoms with Gasteiger partial charge in [-0.25, -0.2) is 9.78 Å². The average molecular weight is 629 g/mol. The summed E-state index contributed by atoms with van der Waals surface area (Å²) in [7, 11) is 0. The first-order valence-electron chi connectivity index (χ1n) is 11.5. The highest BCUT2D eigenvalue weighted by Gasteiger charge is 2.14. The largest absolute Gasteiger partial charge is 0.490 e. The van der Waals surface area contributed by atoms with E-state index in [1.807, 2.05) is 19.9 Å². The zero-order valence-corrected chi connectivity index (χ0v) is 23.2. The Balaban J connectivity index is 1.66. The Morgan fingerprint density at radius 2 is 1.92 bits per heavy atom. The molecule has 0 aliphatic carbocycles. The smallest absolute Gasteiger partial charge is 0.335 e. The Bertz CT molecular complexity index is 1570. The molecule has 0 saturated carbocycles. The lowest BCUT2D eigenvalue weighted by Crippen LogP contribution is -2.22. The Morgan fingerprint density at radius 3 is 2.65 bits per heavy atom. The number of ether oxygens (including phenoxy) is 2. The molecule has 1 N–H and O–H groups in total. The zero-order valence-electron chi connectivity index (χ0n) is 20.1. The average Bonchev–Trinajstić information content (AvgIpc) is 2.88. The first kappa shape index (κ1) is 26.6. The lowest BCUT2D eigenvalue weighted by molar-refractivity contribution is 0.0696. The van der Waals surface area contributed by atoms with Crippen LogP contribution in [0.15, 0.2) is 73.4 Å². The van der Waals surface area contributed by atoms with Crippen molar-refractivity contribution in [3.8, 4) is 11.5 Å². The summed E-state index contributed by atoms with van der Waals surface area (Å²) in [4.78, 5) is 29.0. The second-order valence-electron chi connectivity index (χ2n) is 7.96. The molecule has 0 aliphatic heterocycles. The monoisotopic (exact) mass is 627 g/mol. The molecule has 1 heterocycles. The van der Waals surface area contributed by atoms with Gasteiger partial charge in [0, 0.05) is 10.9 Å². The minimum absolute atomic E-state index is 0.154. The van der Waals surface area contributed by atoms with Crippen LogP contribution in [0, 0.1) is 0 Å². The molecule has 0 bridgehead atoms. The summed E-state index contributed by atoms with van der Waals surface area (Å²) in [6, 6.07) is 15.5. The molecule has 190 valence electrons. The standard InChI is InChI=1S/C27H23Br2N3O5/c1-3-24-31-22-9-8-19(28)13-20(22)26(33)32(24)30-14-17-11-21(29)25(23(12-17)36-4-2)37-15-16-6-5-7-18(10-16)27(34)35/h5-14H,3-4,15H2,1-2H3,(H,34,35). The van der Waals surface area contributed by atoms with Crippen LogP contribution in [0.2, 0.25) is 0 Å². The summed E-state index contributed by atoms with van der Waals surface area (Å²) >= 11 is 6.95. The van der Waals surface area contributed by atoms with Gasteiger partial charge in [0.15, 0.2) is 11.5 Å². The van der Waals surface area contributed by atoms with Crippen molar-refractivity contribution in [3.63, 3.8) is 0 Å². The van der Waals surface area contributed by atoms with E-state index in [2.05, 4.69) is 41.9 Å². The van der Waals surface area contributed by atoms with Crippen LogP contribution < -0.4 is 15.0 Å². The van der Waals surface area contributed by atoms with E-state index in [-0.39, 0.29) is 17.7 Å². The van der Waals surface area contributed by atoms with Crippen molar-refractivity contribution < 1.29 is 19.4 Å². The van der Waals surface area contributed by atoms with Crippen molar-refractivity contribution in [2.75, 3.05) is 6.61 Å². The highest BCUT2D eigenvalue weighted by Crippen LogP contribution is 2.37. The quantitative estimate of drug-likeness (QED) is 0.227. The third-order valence-corrected chi connectivity index (χ3v) is 6.48. The molecule has 8 nitrogen and oxygen atoms in total. The number of aromatic carboxylic acids is 1. The van der Waals surface area contributed by atoms with E-state index >= 15 is 0 Å². The fourth-order valence-corrected chi connectivity index (χ4v) is 4.62. The van der Waals surface area contributed by atoms with E-state index in [0.29, 0.717) is 56.9 Å². The first-order chi connectivity index (χ1) is 17.8. The molecule has 37 heavy (non-hydrogen) atoms. The van der Waals surface area contributed by atoms with Crippen LogP contribution in [-0.4, -0.2) is 33.6 Å².